The van der Waals surface area contributed by atoms with Gasteiger partial charge in [0.1, 0.15) is 6.07 Å². The number of pyridine rings is 1. The highest BCUT2D eigenvalue weighted by Gasteiger charge is 2.11. The van der Waals surface area contributed by atoms with Crippen LogP contribution in [0.4, 0.5) is 5.69 Å². The molecule has 100 valence electrons. The van der Waals surface area contributed by atoms with E-state index < -0.39 is 0 Å². The number of anilines is 1. The second-order valence-corrected chi connectivity index (χ2v) is 5.13. The molecule has 1 saturated heterocycles. The van der Waals surface area contributed by atoms with E-state index >= 15 is 0 Å². The first-order valence-electron chi connectivity index (χ1n) is 7.08. The molecule has 20 heavy (non-hydrogen) atoms. The molecule has 0 aliphatic carbocycles. The van der Waals surface area contributed by atoms with Crippen LogP contribution >= 0.6 is 0 Å². The summed E-state index contributed by atoms with van der Waals surface area (Å²) in [6, 6.07) is 12.6. The van der Waals surface area contributed by atoms with E-state index in [1.807, 2.05) is 6.07 Å². The molecule has 2 aromatic rings. The minimum Gasteiger partial charge on any atom is -0.372 e. The van der Waals surface area contributed by atoms with Gasteiger partial charge in [0.15, 0.2) is 0 Å². The Morgan fingerprint density at radius 2 is 1.75 bits per heavy atom. The number of rotatable bonds is 2. The van der Waals surface area contributed by atoms with E-state index in [9.17, 15) is 0 Å². The molecule has 0 atom stereocenters. The highest BCUT2D eigenvalue weighted by molar-refractivity contribution is 5.71. The average molecular weight is 263 g/mol. The summed E-state index contributed by atoms with van der Waals surface area (Å²) in [4.78, 5) is 6.44. The topological polar surface area (TPSA) is 39.9 Å². The number of piperidine rings is 1. The normalized spacial score (nSPS) is 14.8. The molecule has 1 aromatic carbocycles. The Hall–Kier alpha value is -2.34. The summed E-state index contributed by atoms with van der Waals surface area (Å²) in [7, 11) is 0. The summed E-state index contributed by atoms with van der Waals surface area (Å²) >= 11 is 0. The number of benzene rings is 1. The third kappa shape index (κ3) is 2.50. The zero-order chi connectivity index (χ0) is 13.8. The molecular weight excluding hydrogens is 246 g/mol. The molecule has 3 heteroatoms. The Labute approximate surface area is 119 Å². The zero-order valence-electron chi connectivity index (χ0n) is 11.4. The summed E-state index contributed by atoms with van der Waals surface area (Å²) in [5.74, 6) is 0. The molecule has 0 amide bonds. The van der Waals surface area contributed by atoms with Crippen LogP contribution < -0.4 is 4.90 Å². The highest BCUT2D eigenvalue weighted by atomic mass is 15.1. The van der Waals surface area contributed by atoms with E-state index in [4.69, 9.17) is 5.26 Å². The minimum absolute atomic E-state index is 0.623. The van der Waals surface area contributed by atoms with Crippen molar-refractivity contribution in [1.82, 2.24) is 4.98 Å². The molecule has 1 aliphatic rings. The van der Waals surface area contributed by atoms with E-state index in [0.29, 0.717) is 5.56 Å². The van der Waals surface area contributed by atoms with Gasteiger partial charge in [-0.1, -0.05) is 12.1 Å². The first kappa shape index (κ1) is 12.7. The monoisotopic (exact) mass is 263 g/mol. The van der Waals surface area contributed by atoms with Gasteiger partial charge in [0.2, 0.25) is 0 Å². The molecule has 3 nitrogen and oxygen atoms in total. The maximum Gasteiger partial charge on any atom is 0.101 e. The molecular formula is C17H17N3. The predicted molar refractivity (Wildman–Crippen MR) is 80.5 cm³/mol. The molecule has 0 N–H and O–H groups in total. The fourth-order valence-corrected chi connectivity index (χ4v) is 2.74. The summed E-state index contributed by atoms with van der Waals surface area (Å²) in [6.45, 7) is 2.30. The largest absolute Gasteiger partial charge is 0.372 e. The molecule has 1 aromatic heterocycles. The van der Waals surface area contributed by atoms with E-state index in [-0.39, 0.29) is 0 Å². The summed E-state index contributed by atoms with van der Waals surface area (Å²) in [5.41, 5.74) is 3.93. The first-order chi connectivity index (χ1) is 9.88. The molecule has 0 saturated carbocycles. The molecule has 1 aliphatic heterocycles. The van der Waals surface area contributed by atoms with Crippen molar-refractivity contribution in [2.24, 2.45) is 0 Å². The van der Waals surface area contributed by atoms with Crippen LogP contribution in [0.15, 0.2) is 42.7 Å². The van der Waals surface area contributed by atoms with Gasteiger partial charge in [-0.2, -0.15) is 5.26 Å². The Bertz CT molecular complexity index is 619. The fourth-order valence-electron chi connectivity index (χ4n) is 2.74. The molecule has 0 unspecified atom stereocenters. The zero-order valence-corrected chi connectivity index (χ0v) is 11.4. The molecule has 2 heterocycles. The maximum atomic E-state index is 9.14. The van der Waals surface area contributed by atoms with E-state index in [1.165, 1.54) is 24.9 Å². The quantitative estimate of drug-likeness (QED) is 0.831. The van der Waals surface area contributed by atoms with Crippen molar-refractivity contribution in [2.45, 2.75) is 19.3 Å². The van der Waals surface area contributed by atoms with Gasteiger partial charge in [0.25, 0.3) is 0 Å². The lowest BCUT2D eigenvalue weighted by atomic mass is 10.0. The van der Waals surface area contributed by atoms with Gasteiger partial charge in [-0.25, -0.2) is 0 Å². The molecule has 0 radical (unpaired) electrons. The van der Waals surface area contributed by atoms with Gasteiger partial charge in [0, 0.05) is 36.7 Å². The minimum atomic E-state index is 0.623. The van der Waals surface area contributed by atoms with Crippen LogP contribution in [0.3, 0.4) is 0 Å². The molecule has 3 rings (SSSR count). The second kappa shape index (κ2) is 5.75. The Balaban J connectivity index is 1.87. The smallest absolute Gasteiger partial charge is 0.101 e. The molecule has 0 bridgehead atoms. The number of hydrogen-bond acceptors (Lipinski definition) is 3. The van der Waals surface area contributed by atoms with Crippen LogP contribution in [0.5, 0.6) is 0 Å². The van der Waals surface area contributed by atoms with Gasteiger partial charge < -0.3 is 4.90 Å². The van der Waals surface area contributed by atoms with Gasteiger partial charge in [-0.3, -0.25) is 4.98 Å². The highest BCUT2D eigenvalue weighted by Crippen LogP contribution is 2.26. The standard InChI is InChI=1S/C17H17N3/c18-12-15-13-19-9-8-17(15)14-4-6-16(7-5-14)20-10-2-1-3-11-20/h4-9,13H,1-3,10-11H2. The number of nitrogens with zero attached hydrogens (tertiary/aromatic N) is 3. The van der Waals surface area contributed by atoms with Gasteiger partial charge >= 0.3 is 0 Å². The van der Waals surface area contributed by atoms with Crippen molar-refractivity contribution >= 4 is 5.69 Å². The summed E-state index contributed by atoms with van der Waals surface area (Å²) in [6.07, 6.45) is 7.26. The first-order valence-corrected chi connectivity index (χ1v) is 7.08. The maximum absolute atomic E-state index is 9.14. The van der Waals surface area contributed by atoms with E-state index in [0.717, 1.165) is 24.2 Å². The van der Waals surface area contributed by atoms with Crippen molar-refractivity contribution in [2.75, 3.05) is 18.0 Å². The SMILES string of the molecule is N#Cc1cnccc1-c1ccc(N2CCCCC2)cc1. The number of hydrogen-bond donors (Lipinski definition) is 0. The van der Waals surface area contributed by atoms with Gasteiger partial charge in [0.05, 0.1) is 5.56 Å². The van der Waals surface area contributed by atoms with Gasteiger partial charge in [-0.15, -0.1) is 0 Å². The lowest BCUT2D eigenvalue weighted by Gasteiger charge is -2.28. The van der Waals surface area contributed by atoms with Crippen molar-refractivity contribution in [3.8, 4) is 17.2 Å². The summed E-state index contributed by atoms with van der Waals surface area (Å²) < 4.78 is 0. The van der Waals surface area contributed by atoms with Gasteiger partial charge in [-0.05, 0) is 43.0 Å². The van der Waals surface area contributed by atoms with Crippen LogP contribution in [0, 0.1) is 11.3 Å². The lowest BCUT2D eigenvalue weighted by molar-refractivity contribution is 0.578. The predicted octanol–water partition coefficient (Wildman–Crippen LogP) is 3.61. The van der Waals surface area contributed by atoms with Crippen molar-refractivity contribution in [1.29, 1.82) is 5.26 Å². The summed E-state index contributed by atoms with van der Waals surface area (Å²) in [5, 5.41) is 9.14. The van der Waals surface area contributed by atoms with Crippen molar-refractivity contribution < 1.29 is 0 Å². The third-order valence-corrected chi connectivity index (χ3v) is 3.84. The Morgan fingerprint density at radius 1 is 1.00 bits per heavy atom. The Kier molecular flexibility index (Phi) is 3.64. The molecule has 0 spiro atoms. The number of aromatic nitrogens is 1. The fraction of sp³-hybridized carbons (Fsp3) is 0.294. The number of nitriles is 1. The second-order valence-electron chi connectivity index (χ2n) is 5.13. The average Bonchev–Trinajstić information content (AvgIpc) is 2.56. The Morgan fingerprint density at radius 3 is 2.45 bits per heavy atom. The molecule has 1 fully saturated rings. The van der Waals surface area contributed by atoms with Crippen LogP contribution in [0.2, 0.25) is 0 Å². The van der Waals surface area contributed by atoms with Crippen LogP contribution in [-0.4, -0.2) is 18.1 Å². The van der Waals surface area contributed by atoms with E-state index in [1.54, 1.807) is 12.4 Å². The third-order valence-electron chi connectivity index (χ3n) is 3.84. The van der Waals surface area contributed by atoms with Crippen LogP contribution in [0.1, 0.15) is 24.8 Å². The van der Waals surface area contributed by atoms with Crippen LogP contribution in [0.25, 0.3) is 11.1 Å². The van der Waals surface area contributed by atoms with E-state index in [2.05, 4.69) is 40.2 Å². The van der Waals surface area contributed by atoms with Crippen molar-refractivity contribution in [3.05, 3.63) is 48.3 Å². The lowest BCUT2D eigenvalue weighted by Crippen LogP contribution is -2.29. The van der Waals surface area contributed by atoms with Crippen LogP contribution in [-0.2, 0) is 0 Å². The van der Waals surface area contributed by atoms with Crippen molar-refractivity contribution in [3.63, 3.8) is 0 Å².